The lowest BCUT2D eigenvalue weighted by Gasteiger charge is -2.28. The Balaban J connectivity index is 3.00. The van der Waals surface area contributed by atoms with E-state index in [0.29, 0.717) is 25.6 Å². The van der Waals surface area contributed by atoms with Gasteiger partial charge >= 0.3 is 16.1 Å². The van der Waals surface area contributed by atoms with Crippen molar-refractivity contribution >= 4 is 21.3 Å². The molecule has 0 atom stereocenters. The van der Waals surface area contributed by atoms with Crippen molar-refractivity contribution in [3.8, 4) is 5.75 Å². The molecule has 0 unspecified atom stereocenters. The smallest absolute Gasteiger partial charge is 0.512 e. The minimum atomic E-state index is -2.92. The van der Waals surface area contributed by atoms with Gasteiger partial charge in [0.05, 0.1) is 0 Å². The summed E-state index contributed by atoms with van der Waals surface area (Å²) in [6, 6.07) is 6.75. The lowest BCUT2D eigenvalue weighted by Crippen LogP contribution is -2.56. The zero-order valence-corrected chi connectivity index (χ0v) is 13.0. The summed E-state index contributed by atoms with van der Waals surface area (Å²) in [5, 5.41) is 18.3. The molecular weight excluding hydrogens is 279 g/mol. The molecule has 1 rings (SSSR count). The van der Waals surface area contributed by atoms with Gasteiger partial charge in [-0.3, -0.25) is 0 Å². The number of rotatable bonds is 9. The number of hydrogen-bond acceptors (Lipinski definition) is 6. The van der Waals surface area contributed by atoms with Crippen LogP contribution in [0.4, 0.5) is 0 Å². The third-order valence-electron chi connectivity index (χ3n) is 2.45. The molecular formula is C12H21BO6Si. The Morgan fingerprint density at radius 2 is 1.35 bits per heavy atom. The second kappa shape index (κ2) is 8.40. The van der Waals surface area contributed by atoms with Gasteiger partial charge in [-0.25, -0.2) is 0 Å². The van der Waals surface area contributed by atoms with E-state index < -0.39 is 16.1 Å². The topological polar surface area (TPSA) is 77.4 Å². The molecule has 0 bridgehead atoms. The van der Waals surface area contributed by atoms with Gasteiger partial charge in [0.1, 0.15) is 5.75 Å². The highest BCUT2D eigenvalue weighted by Crippen LogP contribution is 2.14. The molecule has 0 aliphatic carbocycles. The van der Waals surface area contributed by atoms with Crippen LogP contribution in [0, 0.1) is 0 Å². The van der Waals surface area contributed by atoms with Crippen molar-refractivity contribution in [2.75, 3.05) is 19.8 Å². The lowest BCUT2D eigenvalue weighted by atomic mass is 10.2. The van der Waals surface area contributed by atoms with E-state index in [1.807, 2.05) is 20.8 Å². The number of hydrogen-bond donors (Lipinski definition) is 2. The van der Waals surface area contributed by atoms with E-state index in [1.165, 1.54) is 0 Å². The van der Waals surface area contributed by atoms with E-state index in [1.54, 1.807) is 24.3 Å². The van der Waals surface area contributed by atoms with Crippen molar-refractivity contribution < 1.29 is 28.0 Å². The largest absolute Gasteiger partial charge is 0.707 e. The fourth-order valence-electron chi connectivity index (χ4n) is 1.80. The summed E-state index contributed by atoms with van der Waals surface area (Å²) in [5.74, 6) is 0.344. The SMILES string of the molecule is CCO[Si](OCC)(OCC)c1ccc(OB(O)O)cc1. The average molecular weight is 300 g/mol. The van der Waals surface area contributed by atoms with Crippen molar-refractivity contribution in [2.45, 2.75) is 20.8 Å². The fourth-order valence-corrected chi connectivity index (χ4v) is 4.27. The van der Waals surface area contributed by atoms with Crippen LogP contribution in [0.3, 0.4) is 0 Å². The van der Waals surface area contributed by atoms with Crippen LogP contribution in [0.5, 0.6) is 5.75 Å². The van der Waals surface area contributed by atoms with Crippen molar-refractivity contribution in [3.05, 3.63) is 24.3 Å². The summed E-state index contributed by atoms with van der Waals surface area (Å²) < 4.78 is 22.1. The predicted octanol–water partition coefficient (Wildman–Crippen LogP) is 0.290. The summed E-state index contributed by atoms with van der Waals surface area (Å²) in [5.41, 5.74) is 0. The summed E-state index contributed by atoms with van der Waals surface area (Å²) in [7, 11) is -4.75. The summed E-state index contributed by atoms with van der Waals surface area (Å²) >= 11 is 0. The molecule has 1 aromatic rings. The monoisotopic (exact) mass is 300 g/mol. The van der Waals surface area contributed by atoms with Crippen molar-refractivity contribution in [1.82, 2.24) is 0 Å². The molecule has 1 aromatic carbocycles. The molecule has 0 aliphatic heterocycles. The first-order chi connectivity index (χ1) is 9.57. The third kappa shape index (κ3) is 4.58. The van der Waals surface area contributed by atoms with Crippen LogP contribution in [-0.4, -0.2) is 46.0 Å². The molecule has 0 radical (unpaired) electrons. The Bertz CT molecular complexity index is 369. The van der Waals surface area contributed by atoms with Crippen LogP contribution in [0.2, 0.25) is 0 Å². The molecule has 6 nitrogen and oxygen atoms in total. The molecule has 0 aromatic heterocycles. The first-order valence-corrected chi connectivity index (χ1v) is 8.35. The lowest BCUT2D eigenvalue weighted by molar-refractivity contribution is 0.0859. The fraction of sp³-hybridized carbons (Fsp3) is 0.500. The molecule has 0 fully saturated rings. The molecule has 0 amide bonds. The van der Waals surface area contributed by atoms with Gasteiger partial charge in [-0.05, 0) is 32.9 Å². The van der Waals surface area contributed by atoms with E-state index in [0.717, 1.165) is 5.19 Å². The van der Waals surface area contributed by atoms with Gasteiger partial charge in [0.2, 0.25) is 0 Å². The third-order valence-corrected chi connectivity index (χ3v) is 5.50. The summed E-state index contributed by atoms with van der Waals surface area (Å²) in [6.07, 6.45) is 0. The molecule has 20 heavy (non-hydrogen) atoms. The highest BCUT2D eigenvalue weighted by molar-refractivity contribution is 6.75. The van der Waals surface area contributed by atoms with Crippen LogP contribution in [0.15, 0.2) is 24.3 Å². The van der Waals surface area contributed by atoms with Gasteiger partial charge in [-0.1, -0.05) is 12.1 Å². The van der Waals surface area contributed by atoms with Crippen LogP contribution < -0.4 is 9.84 Å². The predicted molar refractivity (Wildman–Crippen MR) is 77.5 cm³/mol. The molecule has 0 saturated heterocycles. The molecule has 2 N–H and O–H groups in total. The van der Waals surface area contributed by atoms with E-state index in [-0.39, 0.29) is 0 Å². The minimum Gasteiger partial charge on any atom is -0.512 e. The zero-order valence-electron chi connectivity index (χ0n) is 12.0. The Labute approximate surface area is 120 Å². The summed E-state index contributed by atoms with van der Waals surface area (Å²) in [6.45, 7) is 7.12. The van der Waals surface area contributed by atoms with Crippen LogP contribution in [0.25, 0.3) is 0 Å². The zero-order chi connectivity index (χ0) is 15.0. The van der Waals surface area contributed by atoms with Crippen molar-refractivity contribution in [2.24, 2.45) is 0 Å². The van der Waals surface area contributed by atoms with Gasteiger partial charge < -0.3 is 28.0 Å². The normalized spacial score (nSPS) is 11.4. The van der Waals surface area contributed by atoms with Crippen molar-refractivity contribution in [3.63, 3.8) is 0 Å². The first-order valence-electron chi connectivity index (χ1n) is 6.63. The second-order valence-electron chi connectivity index (χ2n) is 3.82. The van der Waals surface area contributed by atoms with Crippen molar-refractivity contribution in [1.29, 1.82) is 0 Å². The number of benzene rings is 1. The van der Waals surface area contributed by atoms with E-state index in [4.69, 9.17) is 28.0 Å². The Morgan fingerprint density at radius 1 is 0.900 bits per heavy atom. The Hall–Kier alpha value is -0.898. The second-order valence-corrected chi connectivity index (χ2v) is 6.38. The highest BCUT2D eigenvalue weighted by atomic mass is 28.4. The maximum atomic E-state index is 8.76. The quantitative estimate of drug-likeness (QED) is 0.638. The maximum Gasteiger partial charge on any atom is 0.707 e. The molecule has 112 valence electrons. The Morgan fingerprint density at radius 3 is 1.70 bits per heavy atom. The highest BCUT2D eigenvalue weighted by Gasteiger charge is 2.43. The van der Waals surface area contributed by atoms with Gasteiger partial charge in [0.25, 0.3) is 0 Å². The summed E-state index contributed by atoms with van der Waals surface area (Å²) in [4.78, 5) is 0. The standard InChI is InChI=1S/C12H21BO6Si/c1-4-16-20(17-5-2,18-6-3)12-9-7-11(8-10-12)19-13(14)15/h7-10,14-15H,4-6H2,1-3H3. The van der Waals surface area contributed by atoms with Gasteiger partial charge in [0, 0.05) is 25.0 Å². The van der Waals surface area contributed by atoms with Crippen LogP contribution >= 0.6 is 0 Å². The first kappa shape index (κ1) is 17.2. The molecule has 0 saturated carbocycles. The Kier molecular flexibility index (Phi) is 7.21. The molecule has 0 spiro atoms. The maximum absolute atomic E-state index is 8.76. The van der Waals surface area contributed by atoms with Crippen LogP contribution in [0.1, 0.15) is 20.8 Å². The molecule has 0 aliphatic rings. The average Bonchev–Trinajstić information content (AvgIpc) is 2.39. The van der Waals surface area contributed by atoms with E-state index in [9.17, 15) is 0 Å². The minimum absolute atomic E-state index is 0.344. The van der Waals surface area contributed by atoms with Gasteiger partial charge in [0.15, 0.2) is 0 Å². The van der Waals surface area contributed by atoms with E-state index in [2.05, 4.69) is 0 Å². The van der Waals surface area contributed by atoms with E-state index >= 15 is 0 Å². The van der Waals surface area contributed by atoms with Gasteiger partial charge in [-0.15, -0.1) is 0 Å². The molecule has 0 heterocycles. The molecule has 8 heteroatoms. The van der Waals surface area contributed by atoms with Gasteiger partial charge in [-0.2, -0.15) is 0 Å². The van der Waals surface area contributed by atoms with Crippen LogP contribution in [-0.2, 0) is 13.3 Å².